The Morgan fingerprint density at radius 3 is 2.62 bits per heavy atom. The Morgan fingerprint density at radius 1 is 1.33 bits per heavy atom. The molecule has 1 aromatic carbocycles. The van der Waals surface area contributed by atoms with Crippen LogP contribution in [0, 0.1) is 17.6 Å². The molecule has 1 aliphatic rings. The molecule has 1 fully saturated rings. The van der Waals surface area contributed by atoms with Gasteiger partial charge in [0, 0.05) is 13.1 Å². The molecule has 0 amide bonds. The van der Waals surface area contributed by atoms with Crippen LogP contribution in [0.15, 0.2) is 12.1 Å². The molecule has 21 heavy (non-hydrogen) atoms. The van der Waals surface area contributed by atoms with Gasteiger partial charge >= 0.3 is 5.97 Å². The average Bonchev–Trinajstić information content (AvgIpc) is 2.93. The van der Waals surface area contributed by atoms with Crippen molar-refractivity contribution in [2.24, 2.45) is 5.92 Å². The number of hydrogen-bond donors (Lipinski definition) is 2. The number of hydrogen-bond acceptors (Lipinski definition) is 3. The third-order valence-corrected chi connectivity index (χ3v) is 3.72. The Labute approximate surface area is 122 Å². The lowest BCUT2D eigenvalue weighted by atomic mass is 10.1. The van der Waals surface area contributed by atoms with E-state index in [-0.39, 0.29) is 5.69 Å². The van der Waals surface area contributed by atoms with Crippen LogP contribution < -0.4 is 5.32 Å². The molecule has 1 heterocycles. The summed E-state index contributed by atoms with van der Waals surface area (Å²) in [7, 11) is 0. The zero-order valence-corrected chi connectivity index (χ0v) is 12.0. The standard InChI is InChI=1S/C15H20F2N2O2/c1-10(9-19-6-2-3-7-19)8-18-12-5-4-11(15(20)21)13(16)14(12)17/h4-5,10,18H,2-3,6-9H2,1H3,(H,20,21). The summed E-state index contributed by atoms with van der Waals surface area (Å²) in [4.78, 5) is 13.1. The summed E-state index contributed by atoms with van der Waals surface area (Å²) in [6, 6.07) is 2.35. The highest BCUT2D eigenvalue weighted by molar-refractivity contribution is 5.88. The first-order valence-electron chi connectivity index (χ1n) is 7.16. The van der Waals surface area contributed by atoms with Crippen molar-refractivity contribution < 1.29 is 18.7 Å². The molecular weight excluding hydrogens is 278 g/mol. The molecule has 0 aliphatic carbocycles. The maximum absolute atomic E-state index is 13.8. The van der Waals surface area contributed by atoms with Gasteiger partial charge in [0.2, 0.25) is 0 Å². The molecular formula is C15H20F2N2O2. The number of nitrogens with one attached hydrogen (secondary N) is 1. The summed E-state index contributed by atoms with van der Waals surface area (Å²) in [5.74, 6) is -3.63. The van der Waals surface area contributed by atoms with Gasteiger partial charge in [0.05, 0.1) is 11.3 Å². The fraction of sp³-hybridized carbons (Fsp3) is 0.533. The Morgan fingerprint density at radius 2 is 2.00 bits per heavy atom. The van der Waals surface area contributed by atoms with Crippen LogP contribution in [0.1, 0.15) is 30.1 Å². The van der Waals surface area contributed by atoms with Crippen molar-refractivity contribution in [1.29, 1.82) is 0 Å². The van der Waals surface area contributed by atoms with Crippen molar-refractivity contribution in [1.82, 2.24) is 4.90 Å². The molecule has 0 aromatic heterocycles. The van der Waals surface area contributed by atoms with Crippen LogP contribution in [-0.4, -0.2) is 42.2 Å². The molecule has 0 saturated carbocycles. The van der Waals surface area contributed by atoms with Crippen molar-refractivity contribution >= 4 is 11.7 Å². The summed E-state index contributed by atoms with van der Waals surface area (Å²) in [6.07, 6.45) is 2.44. The van der Waals surface area contributed by atoms with Gasteiger partial charge in [0.25, 0.3) is 0 Å². The van der Waals surface area contributed by atoms with E-state index < -0.39 is 23.2 Å². The van der Waals surface area contributed by atoms with Crippen LogP contribution in [0.5, 0.6) is 0 Å². The number of likely N-dealkylation sites (tertiary alicyclic amines) is 1. The van der Waals surface area contributed by atoms with E-state index in [0.29, 0.717) is 12.5 Å². The van der Waals surface area contributed by atoms with E-state index in [2.05, 4.69) is 10.2 Å². The molecule has 1 atom stereocenters. The number of carboxylic acids is 1. The second-order valence-corrected chi connectivity index (χ2v) is 5.59. The fourth-order valence-electron chi connectivity index (χ4n) is 2.61. The van der Waals surface area contributed by atoms with E-state index in [0.717, 1.165) is 25.7 Å². The number of carboxylic acid groups (broad SMARTS) is 1. The van der Waals surface area contributed by atoms with Crippen molar-refractivity contribution in [3.05, 3.63) is 29.3 Å². The highest BCUT2D eigenvalue weighted by Gasteiger charge is 2.19. The lowest BCUT2D eigenvalue weighted by Gasteiger charge is -2.21. The number of benzene rings is 1. The second-order valence-electron chi connectivity index (χ2n) is 5.59. The summed E-state index contributed by atoms with van der Waals surface area (Å²) >= 11 is 0. The van der Waals surface area contributed by atoms with Crippen LogP contribution in [0.4, 0.5) is 14.5 Å². The Kier molecular flexibility index (Phi) is 5.12. The zero-order valence-electron chi connectivity index (χ0n) is 12.0. The Balaban J connectivity index is 1.93. The molecule has 4 nitrogen and oxygen atoms in total. The van der Waals surface area contributed by atoms with Gasteiger partial charge in [0.1, 0.15) is 0 Å². The highest BCUT2D eigenvalue weighted by Crippen LogP contribution is 2.21. The van der Waals surface area contributed by atoms with Crippen LogP contribution in [0.25, 0.3) is 0 Å². The van der Waals surface area contributed by atoms with Gasteiger partial charge in [-0.15, -0.1) is 0 Å². The summed E-state index contributed by atoms with van der Waals surface area (Å²) in [6.45, 7) is 5.68. The van der Waals surface area contributed by atoms with Gasteiger partial charge in [-0.25, -0.2) is 13.6 Å². The van der Waals surface area contributed by atoms with Crippen molar-refractivity contribution in [2.75, 3.05) is 31.5 Å². The molecule has 1 unspecified atom stereocenters. The lowest BCUT2D eigenvalue weighted by Crippen LogP contribution is -2.29. The number of halogens is 2. The van der Waals surface area contributed by atoms with Gasteiger partial charge in [0.15, 0.2) is 11.6 Å². The monoisotopic (exact) mass is 298 g/mol. The summed E-state index contributed by atoms with van der Waals surface area (Å²) in [5.41, 5.74) is -0.645. The van der Waals surface area contributed by atoms with Crippen molar-refractivity contribution in [3.8, 4) is 0 Å². The highest BCUT2D eigenvalue weighted by atomic mass is 19.2. The molecule has 116 valence electrons. The third kappa shape index (κ3) is 3.91. The van der Waals surface area contributed by atoms with Crippen LogP contribution in [-0.2, 0) is 0 Å². The first-order chi connectivity index (χ1) is 9.99. The average molecular weight is 298 g/mol. The molecule has 0 radical (unpaired) electrons. The van der Waals surface area contributed by atoms with Crippen molar-refractivity contribution in [2.45, 2.75) is 19.8 Å². The zero-order chi connectivity index (χ0) is 15.4. The van der Waals surface area contributed by atoms with E-state index in [1.807, 2.05) is 6.92 Å². The molecule has 1 aromatic rings. The molecule has 2 rings (SSSR count). The maximum atomic E-state index is 13.8. The van der Waals surface area contributed by atoms with Gasteiger partial charge in [-0.2, -0.15) is 0 Å². The number of nitrogens with zero attached hydrogens (tertiary/aromatic N) is 1. The molecule has 1 saturated heterocycles. The normalized spacial score (nSPS) is 16.9. The number of carbonyl (C=O) groups is 1. The number of rotatable bonds is 6. The van der Waals surface area contributed by atoms with E-state index in [9.17, 15) is 13.6 Å². The summed E-state index contributed by atoms with van der Waals surface area (Å²) in [5, 5.41) is 11.6. The molecule has 0 spiro atoms. The Hall–Kier alpha value is -1.69. The molecule has 2 N–H and O–H groups in total. The predicted molar refractivity (Wildman–Crippen MR) is 76.6 cm³/mol. The van der Waals surface area contributed by atoms with Gasteiger partial charge in [-0.1, -0.05) is 6.92 Å². The predicted octanol–water partition coefficient (Wildman–Crippen LogP) is 2.81. The third-order valence-electron chi connectivity index (χ3n) is 3.72. The van der Waals surface area contributed by atoms with E-state index in [1.165, 1.54) is 18.9 Å². The maximum Gasteiger partial charge on any atom is 0.338 e. The molecule has 1 aliphatic heterocycles. The minimum Gasteiger partial charge on any atom is -0.478 e. The van der Waals surface area contributed by atoms with Crippen molar-refractivity contribution in [3.63, 3.8) is 0 Å². The smallest absolute Gasteiger partial charge is 0.338 e. The number of aromatic carboxylic acids is 1. The number of anilines is 1. The van der Waals surface area contributed by atoms with Crippen LogP contribution >= 0.6 is 0 Å². The fourth-order valence-corrected chi connectivity index (χ4v) is 2.61. The second kappa shape index (κ2) is 6.85. The minimum atomic E-state index is -1.47. The topological polar surface area (TPSA) is 52.6 Å². The summed E-state index contributed by atoms with van der Waals surface area (Å²) < 4.78 is 27.3. The van der Waals surface area contributed by atoms with E-state index in [1.54, 1.807) is 0 Å². The van der Waals surface area contributed by atoms with Crippen LogP contribution in [0.3, 0.4) is 0 Å². The van der Waals surface area contributed by atoms with E-state index in [4.69, 9.17) is 5.11 Å². The Bertz CT molecular complexity index is 517. The first kappa shape index (κ1) is 15.7. The van der Waals surface area contributed by atoms with E-state index >= 15 is 0 Å². The minimum absolute atomic E-state index is 0.00534. The first-order valence-corrected chi connectivity index (χ1v) is 7.16. The van der Waals surface area contributed by atoms with Gasteiger partial charge < -0.3 is 15.3 Å². The lowest BCUT2D eigenvalue weighted by molar-refractivity contribution is 0.0690. The SMILES string of the molecule is CC(CNc1ccc(C(=O)O)c(F)c1F)CN1CCCC1. The molecule has 6 heteroatoms. The van der Waals surface area contributed by atoms with Crippen LogP contribution in [0.2, 0.25) is 0 Å². The van der Waals surface area contributed by atoms with Gasteiger partial charge in [-0.3, -0.25) is 0 Å². The van der Waals surface area contributed by atoms with Gasteiger partial charge in [-0.05, 0) is 44.0 Å². The quantitative estimate of drug-likeness (QED) is 0.848. The molecule has 0 bridgehead atoms. The largest absolute Gasteiger partial charge is 0.478 e.